The Labute approximate surface area is 156 Å². The van der Waals surface area contributed by atoms with Crippen LogP contribution in [-0.2, 0) is 26.7 Å². The molecular formula is C20H21FN4O2. The Kier molecular flexibility index (Phi) is 4.43. The molecule has 1 aromatic carbocycles. The highest BCUT2D eigenvalue weighted by molar-refractivity contribution is 5.93. The lowest BCUT2D eigenvalue weighted by atomic mass is 10.2. The van der Waals surface area contributed by atoms with Crippen molar-refractivity contribution in [1.29, 1.82) is 0 Å². The van der Waals surface area contributed by atoms with Crippen molar-refractivity contribution < 1.29 is 13.9 Å². The maximum absolute atomic E-state index is 13.3. The maximum Gasteiger partial charge on any atom is 0.270 e. The van der Waals surface area contributed by atoms with Crippen molar-refractivity contribution in [2.45, 2.75) is 26.6 Å². The number of benzene rings is 1. The van der Waals surface area contributed by atoms with Crippen molar-refractivity contribution in [3.63, 3.8) is 0 Å². The summed E-state index contributed by atoms with van der Waals surface area (Å²) in [5.41, 5.74) is 3.41. The zero-order valence-corrected chi connectivity index (χ0v) is 15.4. The number of carbonyl (C=O) groups is 1. The quantitative estimate of drug-likeness (QED) is 0.712. The molecule has 1 aliphatic rings. The van der Waals surface area contributed by atoms with Crippen LogP contribution in [-0.4, -0.2) is 31.7 Å². The van der Waals surface area contributed by atoms with Crippen molar-refractivity contribution in [3.05, 3.63) is 70.9 Å². The molecule has 0 bridgehead atoms. The van der Waals surface area contributed by atoms with Crippen LogP contribution in [0.15, 0.2) is 42.5 Å². The lowest BCUT2D eigenvalue weighted by Gasteiger charge is -2.27. The van der Waals surface area contributed by atoms with Gasteiger partial charge in [0, 0.05) is 25.4 Å². The van der Waals surface area contributed by atoms with E-state index in [9.17, 15) is 9.18 Å². The van der Waals surface area contributed by atoms with Crippen molar-refractivity contribution in [3.8, 4) is 5.88 Å². The van der Waals surface area contributed by atoms with E-state index in [4.69, 9.17) is 4.74 Å². The first-order valence-electron chi connectivity index (χ1n) is 8.87. The first-order valence-corrected chi connectivity index (χ1v) is 8.87. The Morgan fingerprint density at radius 2 is 2.07 bits per heavy atom. The maximum atomic E-state index is 13.3. The average molecular weight is 368 g/mol. The lowest BCUT2D eigenvalue weighted by Crippen LogP contribution is -2.39. The Balaban J connectivity index is 1.44. The van der Waals surface area contributed by atoms with E-state index >= 15 is 0 Å². The van der Waals surface area contributed by atoms with Crippen LogP contribution >= 0.6 is 0 Å². The predicted octanol–water partition coefficient (Wildman–Crippen LogP) is 2.90. The molecule has 1 amide bonds. The zero-order chi connectivity index (χ0) is 19.0. The van der Waals surface area contributed by atoms with Crippen LogP contribution in [0, 0.1) is 12.7 Å². The van der Waals surface area contributed by atoms with Gasteiger partial charge in [-0.15, -0.1) is 5.10 Å². The molecule has 1 aliphatic heterocycles. The molecule has 27 heavy (non-hydrogen) atoms. The van der Waals surface area contributed by atoms with E-state index in [0.29, 0.717) is 31.2 Å². The molecule has 0 N–H and O–H groups in total. The van der Waals surface area contributed by atoms with Crippen molar-refractivity contribution in [1.82, 2.24) is 19.2 Å². The predicted molar refractivity (Wildman–Crippen MR) is 97.8 cm³/mol. The summed E-state index contributed by atoms with van der Waals surface area (Å²) < 4.78 is 22.7. The summed E-state index contributed by atoms with van der Waals surface area (Å²) in [6, 6.07) is 11.9. The van der Waals surface area contributed by atoms with Gasteiger partial charge in [-0.05, 0) is 36.8 Å². The number of hydrogen-bond donors (Lipinski definition) is 0. The highest BCUT2D eigenvalue weighted by atomic mass is 19.1. The smallest absolute Gasteiger partial charge is 0.270 e. The summed E-state index contributed by atoms with van der Waals surface area (Å²) in [4.78, 5) is 14.6. The van der Waals surface area contributed by atoms with Crippen LogP contribution in [0.1, 0.15) is 27.4 Å². The number of fused-ring (bicyclic) bond motifs is 1. The third-order valence-corrected chi connectivity index (χ3v) is 4.93. The van der Waals surface area contributed by atoms with Crippen LogP contribution in [0.3, 0.4) is 0 Å². The Morgan fingerprint density at radius 3 is 2.81 bits per heavy atom. The molecule has 0 saturated carbocycles. The molecule has 3 aromatic rings. The van der Waals surface area contributed by atoms with Gasteiger partial charge in [0.2, 0.25) is 5.88 Å². The number of hydrogen-bond acceptors (Lipinski definition) is 3. The number of aryl methyl sites for hydroxylation is 1. The molecule has 7 heteroatoms. The first kappa shape index (κ1) is 17.3. The van der Waals surface area contributed by atoms with Gasteiger partial charge in [0.1, 0.15) is 18.1 Å². The molecule has 4 rings (SSSR count). The fraction of sp³-hybridized carbons (Fsp3) is 0.300. The van der Waals surface area contributed by atoms with Gasteiger partial charge in [-0.1, -0.05) is 12.1 Å². The molecule has 0 aliphatic carbocycles. The molecule has 0 saturated heterocycles. The van der Waals surface area contributed by atoms with E-state index < -0.39 is 0 Å². The highest BCUT2D eigenvalue weighted by Crippen LogP contribution is 2.21. The molecule has 3 heterocycles. The molecule has 140 valence electrons. The van der Waals surface area contributed by atoms with E-state index in [2.05, 4.69) is 5.10 Å². The van der Waals surface area contributed by atoms with Crippen LogP contribution in [0.25, 0.3) is 0 Å². The molecule has 6 nitrogen and oxygen atoms in total. The number of ether oxygens (including phenoxy) is 1. The van der Waals surface area contributed by atoms with Gasteiger partial charge in [-0.2, -0.15) is 0 Å². The topological polar surface area (TPSA) is 52.3 Å². The molecule has 0 atom stereocenters. The number of carbonyl (C=O) groups excluding carboxylic acids is 1. The minimum Gasteiger partial charge on any atom is -0.472 e. The number of halogens is 1. The standard InChI is InChI=1S/C20H21FN4O2/c1-14-6-7-18(23(14)2)20(26)24-8-9-25-17(12-24)11-19(22-25)27-13-15-4-3-5-16(21)10-15/h3-7,10-11H,8-9,12-13H2,1-2H3. The number of aromatic nitrogens is 3. The number of rotatable bonds is 4. The molecule has 0 fully saturated rings. The largest absolute Gasteiger partial charge is 0.472 e. The minimum atomic E-state index is -0.287. The number of nitrogens with zero attached hydrogens (tertiary/aromatic N) is 4. The van der Waals surface area contributed by atoms with Gasteiger partial charge >= 0.3 is 0 Å². The van der Waals surface area contributed by atoms with Crippen LogP contribution in [0.2, 0.25) is 0 Å². The fourth-order valence-electron chi connectivity index (χ4n) is 3.26. The Morgan fingerprint density at radius 1 is 1.22 bits per heavy atom. The van der Waals surface area contributed by atoms with E-state index in [0.717, 1.165) is 17.0 Å². The van der Waals surface area contributed by atoms with Gasteiger partial charge in [0.25, 0.3) is 5.91 Å². The summed E-state index contributed by atoms with van der Waals surface area (Å²) in [6.07, 6.45) is 0. The summed E-state index contributed by atoms with van der Waals surface area (Å²) in [5.74, 6) is 0.212. The lowest BCUT2D eigenvalue weighted by molar-refractivity contribution is 0.0696. The second kappa shape index (κ2) is 6.90. The van der Waals surface area contributed by atoms with Gasteiger partial charge in [0.05, 0.1) is 18.8 Å². The van der Waals surface area contributed by atoms with Gasteiger partial charge in [0.15, 0.2) is 0 Å². The van der Waals surface area contributed by atoms with Gasteiger partial charge in [-0.25, -0.2) is 4.39 Å². The van der Waals surface area contributed by atoms with E-state index in [1.165, 1.54) is 12.1 Å². The van der Waals surface area contributed by atoms with Crippen molar-refractivity contribution in [2.24, 2.45) is 7.05 Å². The SMILES string of the molecule is Cc1ccc(C(=O)N2CCn3nc(OCc4cccc(F)c4)cc3C2)n1C. The third-order valence-electron chi connectivity index (χ3n) is 4.93. The second-order valence-corrected chi connectivity index (χ2v) is 6.76. The Bertz CT molecular complexity index is 992. The number of amides is 1. The second-order valence-electron chi connectivity index (χ2n) is 6.76. The third kappa shape index (κ3) is 3.45. The zero-order valence-electron chi connectivity index (χ0n) is 15.4. The highest BCUT2D eigenvalue weighted by Gasteiger charge is 2.25. The summed E-state index contributed by atoms with van der Waals surface area (Å²) in [5, 5.41) is 4.43. The Hall–Kier alpha value is -3.09. The van der Waals surface area contributed by atoms with Gasteiger partial charge in [-0.3, -0.25) is 9.48 Å². The minimum absolute atomic E-state index is 0.0141. The summed E-state index contributed by atoms with van der Waals surface area (Å²) in [6.45, 7) is 3.93. The van der Waals surface area contributed by atoms with Crippen LogP contribution in [0.4, 0.5) is 4.39 Å². The van der Waals surface area contributed by atoms with Gasteiger partial charge < -0.3 is 14.2 Å². The first-order chi connectivity index (χ1) is 13.0. The monoisotopic (exact) mass is 368 g/mol. The fourth-order valence-corrected chi connectivity index (χ4v) is 3.26. The molecule has 0 spiro atoms. The van der Waals surface area contributed by atoms with E-state index in [-0.39, 0.29) is 18.3 Å². The average Bonchev–Trinajstić information content (AvgIpc) is 3.22. The van der Waals surface area contributed by atoms with E-state index in [1.54, 1.807) is 12.1 Å². The molecule has 0 radical (unpaired) electrons. The van der Waals surface area contributed by atoms with E-state index in [1.807, 2.05) is 46.3 Å². The van der Waals surface area contributed by atoms with Crippen molar-refractivity contribution in [2.75, 3.05) is 6.54 Å². The van der Waals surface area contributed by atoms with Crippen molar-refractivity contribution >= 4 is 5.91 Å². The van der Waals surface area contributed by atoms with Crippen LogP contribution in [0.5, 0.6) is 5.88 Å². The van der Waals surface area contributed by atoms with Crippen LogP contribution < -0.4 is 4.74 Å². The normalized spacial score (nSPS) is 13.5. The summed E-state index contributed by atoms with van der Waals surface area (Å²) in [7, 11) is 1.90. The molecule has 0 unspecified atom stereocenters. The summed E-state index contributed by atoms with van der Waals surface area (Å²) >= 11 is 0. The molecule has 2 aromatic heterocycles. The molecular weight excluding hydrogens is 347 g/mol.